The van der Waals surface area contributed by atoms with Crippen LogP contribution in [0.5, 0.6) is 0 Å². The molecule has 9 heteroatoms. The quantitative estimate of drug-likeness (QED) is 0.664. The first-order chi connectivity index (χ1) is 9.81. The molecule has 1 N–H and O–H groups in total. The number of rotatable bonds is 4. The Balaban J connectivity index is 2.24. The van der Waals surface area contributed by atoms with E-state index in [0.717, 1.165) is 17.5 Å². The highest BCUT2D eigenvalue weighted by Gasteiger charge is 2.27. The average Bonchev–Trinajstić information content (AvgIpc) is 2.92. The highest BCUT2D eigenvalue weighted by molar-refractivity contribution is 5.96. The number of aromatic nitrogens is 4. The fourth-order valence-corrected chi connectivity index (χ4v) is 2.21. The maximum absolute atomic E-state index is 12.3. The van der Waals surface area contributed by atoms with Crippen molar-refractivity contribution in [3.63, 3.8) is 0 Å². The summed E-state index contributed by atoms with van der Waals surface area (Å²) < 4.78 is 2.84. The van der Waals surface area contributed by atoms with Gasteiger partial charge in [-0.25, -0.2) is 0 Å². The molecular formula is C12H16N6O3. The van der Waals surface area contributed by atoms with Gasteiger partial charge in [0.25, 0.3) is 5.91 Å². The molecule has 0 spiro atoms. The van der Waals surface area contributed by atoms with Gasteiger partial charge in [0, 0.05) is 25.9 Å². The minimum atomic E-state index is -0.623. The largest absolute Gasteiger partial charge is 0.344 e. The van der Waals surface area contributed by atoms with E-state index in [1.54, 1.807) is 24.9 Å². The van der Waals surface area contributed by atoms with E-state index in [1.165, 1.54) is 11.7 Å². The van der Waals surface area contributed by atoms with Crippen LogP contribution in [0.15, 0.2) is 12.4 Å². The molecule has 0 aliphatic rings. The van der Waals surface area contributed by atoms with Gasteiger partial charge in [-0.05, 0) is 13.8 Å². The maximum atomic E-state index is 12.3. The molecule has 0 saturated heterocycles. The molecule has 2 aromatic rings. The standard InChI is InChI=1S/C12H16N6O3/c1-7(9-6-16(3)15-8(9)2)14-12(19)11-10(18(20)21)5-13-17(11)4/h5-7H,1-4H3,(H,14,19). The van der Waals surface area contributed by atoms with Crippen LogP contribution in [-0.2, 0) is 14.1 Å². The van der Waals surface area contributed by atoms with E-state index in [2.05, 4.69) is 15.5 Å². The van der Waals surface area contributed by atoms with Crippen LogP contribution in [0.25, 0.3) is 0 Å². The number of hydrogen-bond donors (Lipinski definition) is 1. The van der Waals surface area contributed by atoms with Gasteiger partial charge in [0.05, 0.1) is 16.7 Å². The molecule has 0 fully saturated rings. The van der Waals surface area contributed by atoms with Crippen LogP contribution in [0.2, 0.25) is 0 Å². The molecule has 2 aromatic heterocycles. The highest BCUT2D eigenvalue weighted by Crippen LogP contribution is 2.20. The van der Waals surface area contributed by atoms with Gasteiger partial charge in [-0.3, -0.25) is 24.3 Å². The predicted molar refractivity (Wildman–Crippen MR) is 73.7 cm³/mol. The summed E-state index contributed by atoms with van der Waals surface area (Å²) in [6, 6.07) is -0.319. The lowest BCUT2D eigenvalue weighted by molar-refractivity contribution is -0.385. The zero-order valence-corrected chi connectivity index (χ0v) is 12.2. The topological polar surface area (TPSA) is 108 Å². The van der Waals surface area contributed by atoms with Crippen LogP contribution in [0.4, 0.5) is 5.69 Å². The Bertz CT molecular complexity index is 702. The van der Waals surface area contributed by atoms with E-state index < -0.39 is 10.8 Å². The molecule has 1 atom stereocenters. The summed E-state index contributed by atoms with van der Waals surface area (Å²) in [5, 5.41) is 21.6. The first-order valence-corrected chi connectivity index (χ1v) is 6.28. The summed E-state index contributed by atoms with van der Waals surface area (Å²) in [6.07, 6.45) is 2.87. The second-order valence-corrected chi connectivity index (χ2v) is 4.80. The summed E-state index contributed by atoms with van der Waals surface area (Å²) in [5.74, 6) is -0.544. The second kappa shape index (κ2) is 5.35. The Morgan fingerprint density at radius 3 is 2.67 bits per heavy atom. The van der Waals surface area contributed by atoms with Crippen LogP contribution in [0.1, 0.15) is 34.7 Å². The molecule has 0 radical (unpaired) electrons. The number of aryl methyl sites for hydroxylation is 3. The predicted octanol–water partition coefficient (Wildman–Crippen LogP) is 0.861. The Labute approximate surface area is 120 Å². The zero-order chi connectivity index (χ0) is 15.7. The number of carbonyl (C=O) groups excluding carboxylic acids is 1. The minimum absolute atomic E-state index is 0.0756. The number of amides is 1. The Kier molecular flexibility index (Phi) is 3.74. The summed E-state index contributed by atoms with van der Waals surface area (Å²) >= 11 is 0. The van der Waals surface area contributed by atoms with Crippen molar-refractivity contribution in [1.82, 2.24) is 24.9 Å². The van der Waals surface area contributed by atoms with Crippen molar-refractivity contribution in [3.8, 4) is 0 Å². The van der Waals surface area contributed by atoms with E-state index in [4.69, 9.17) is 0 Å². The summed E-state index contributed by atoms with van der Waals surface area (Å²) in [4.78, 5) is 22.5. The third kappa shape index (κ3) is 2.76. The Hall–Kier alpha value is -2.71. The van der Waals surface area contributed by atoms with Crippen molar-refractivity contribution in [1.29, 1.82) is 0 Å². The van der Waals surface area contributed by atoms with Crippen molar-refractivity contribution in [2.45, 2.75) is 19.9 Å². The fourth-order valence-electron chi connectivity index (χ4n) is 2.21. The van der Waals surface area contributed by atoms with Gasteiger partial charge < -0.3 is 5.32 Å². The number of nitrogens with zero attached hydrogens (tertiary/aromatic N) is 5. The maximum Gasteiger partial charge on any atom is 0.320 e. The molecule has 0 saturated carbocycles. The van der Waals surface area contributed by atoms with Crippen molar-refractivity contribution in [2.75, 3.05) is 0 Å². The van der Waals surface area contributed by atoms with Gasteiger partial charge in [0.1, 0.15) is 6.20 Å². The van der Waals surface area contributed by atoms with E-state index >= 15 is 0 Å². The molecule has 0 aliphatic carbocycles. The van der Waals surface area contributed by atoms with Gasteiger partial charge in [-0.2, -0.15) is 10.2 Å². The molecule has 112 valence electrons. The summed E-state index contributed by atoms with van der Waals surface area (Å²) in [6.45, 7) is 3.63. The lowest BCUT2D eigenvalue weighted by Crippen LogP contribution is -2.29. The number of hydrogen-bond acceptors (Lipinski definition) is 5. The normalized spacial score (nSPS) is 12.2. The fraction of sp³-hybridized carbons (Fsp3) is 0.417. The molecule has 2 rings (SSSR count). The SMILES string of the molecule is Cc1nn(C)cc1C(C)NC(=O)c1c([N+](=O)[O-])cnn1C. The van der Waals surface area contributed by atoms with Gasteiger partial charge in [0.2, 0.25) is 5.69 Å². The molecule has 0 aliphatic heterocycles. The molecule has 2 heterocycles. The lowest BCUT2D eigenvalue weighted by Gasteiger charge is -2.13. The number of carbonyl (C=O) groups is 1. The van der Waals surface area contributed by atoms with Gasteiger partial charge in [-0.15, -0.1) is 0 Å². The molecule has 21 heavy (non-hydrogen) atoms. The van der Waals surface area contributed by atoms with E-state index in [1.807, 2.05) is 6.92 Å². The van der Waals surface area contributed by atoms with Crippen molar-refractivity contribution in [2.24, 2.45) is 14.1 Å². The van der Waals surface area contributed by atoms with Crippen molar-refractivity contribution < 1.29 is 9.72 Å². The van der Waals surface area contributed by atoms with Crippen LogP contribution in [0, 0.1) is 17.0 Å². The summed E-state index contributed by atoms with van der Waals surface area (Å²) in [5.41, 5.74) is 1.26. The number of nitrogens with one attached hydrogen (secondary N) is 1. The van der Waals surface area contributed by atoms with Gasteiger partial charge in [-0.1, -0.05) is 0 Å². The molecular weight excluding hydrogens is 276 g/mol. The van der Waals surface area contributed by atoms with Crippen molar-refractivity contribution >= 4 is 11.6 Å². The highest BCUT2D eigenvalue weighted by atomic mass is 16.6. The van der Waals surface area contributed by atoms with Gasteiger partial charge in [0.15, 0.2) is 0 Å². The zero-order valence-electron chi connectivity index (χ0n) is 12.2. The van der Waals surface area contributed by atoms with E-state index in [-0.39, 0.29) is 17.4 Å². The first kappa shape index (κ1) is 14.7. The molecule has 9 nitrogen and oxygen atoms in total. The molecule has 0 aromatic carbocycles. The van der Waals surface area contributed by atoms with E-state index in [9.17, 15) is 14.9 Å². The van der Waals surface area contributed by atoms with Crippen LogP contribution < -0.4 is 5.32 Å². The van der Waals surface area contributed by atoms with Crippen LogP contribution in [-0.4, -0.2) is 30.4 Å². The average molecular weight is 292 g/mol. The van der Waals surface area contributed by atoms with Crippen LogP contribution >= 0.6 is 0 Å². The first-order valence-electron chi connectivity index (χ1n) is 6.28. The van der Waals surface area contributed by atoms with Crippen molar-refractivity contribution in [3.05, 3.63) is 39.5 Å². The lowest BCUT2D eigenvalue weighted by atomic mass is 10.1. The minimum Gasteiger partial charge on any atom is -0.344 e. The monoisotopic (exact) mass is 292 g/mol. The Morgan fingerprint density at radius 2 is 2.14 bits per heavy atom. The second-order valence-electron chi connectivity index (χ2n) is 4.80. The third-order valence-electron chi connectivity index (χ3n) is 3.20. The molecule has 1 unspecified atom stereocenters. The summed E-state index contributed by atoms with van der Waals surface area (Å²) in [7, 11) is 3.28. The number of nitro groups is 1. The smallest absolute Gasteiger partial charge is 0.320 e. The van der Waals surface area contributed by atoms with E-state index in [0.29, 0.717) is 0 Å². The third-order valence-corrected chi connectivity index (χ3v) is 3.20. The molecule has 1 amide bonds. The van der Waals surface area contributed by atoms with Crippen LogP contribution in [0.3, 0.4) is 0 Å². The van der Waals surface area contributed by atoms with Gasteiger partial charge >= 0.3 is 5.69 Å². The molecule has 0 bridgehead atoms. The Morgan fingerprint density at radius 1 is 1.48 bits per heavy atom.